The van der Waals surface area contributed by atoms with Crippen LogP contribution >= 0.6 is 0 Å². The largest absolute Gasteiger partial charge is 0.300 e. The Balaban J connectivity index is 2.61. The fourth-order valence-corrected chi connectivity index (χ4v) is 4.02. The number of fused-ring (bicyclic) bond motifs is 1. The second-order valence-electron chi connectivity index (χ2n) is 4.34. The maximum atomic E-state index is 12.1. The van der Waals surface area contributed by atoms with Gasteiger partial charge in [-0.15, -0.1) is 0 Å². The number of ketones is 1. The fraction of sp³-hybridized carbons (Fsp3) is 0.417. The molecule has 0 radical (unpaired) electrons. The van der Waals surface area contributed by atoms with Gasteiger partial charge in [-0.25, -0.2) is 8.42 Å². The molecule has 0 N–H and O–H groups in total. The van der Waals surface area contributed by atoms with E-state index in [1.807, 2.05) is 12.1 Å². The highest BCUT2D eigenvalue weighted by Crippen LogP contribution is 2.33. The molecule has 4 heteroatoms. The minimum atomic E-state index is -3.21. The topological polar surface area (TPSA) is 51.2 Å². The summed E-state index contributed by atoms with van der Waals surface area (Å²) in [5, 5.41) is -0.365. The zero-order chi connectivity index (χ0) is 11.9. The monoisotopic (exact) mass is 238 g/mol. The number of rotatable bonds is 2. The van der Waals surface area contributed by atoms with Gasteiger partial charge in [-0.05, 0) is 31.4 Å². The van der Waals surface area contributed by atoms with Gasteiger partial charge >= 0.3 is 0 Å². The lowest BCUT2D eigenvalue weighted by Crippen LogP contribution is -2.13. The van der Waals surface area contributed by atoms with Crippen LogP contribution in [0.1, 0.15) is 25.0 Å². The summed E-state index contributed by atoms with van der Waals surface area (Å²) < 4.78 is 24.2. The van der Waals surface area contributed by atoms with E-state index in [1.165, 1.54) is 6.92 Å². The summed E-state index contributed by atoms with van der Waals surface area (Å²) >= 11 is 0. The lowest BCUT2D eigenvalue weighted by atomic mass is 10.0. The molecule has 0 spiro atoms. The van der Waals surface area contributed by atoms with Crippen LogP contribution in [0.5, 0.6) is 0 Å². The third-order valence-electron chi connectivity index (χ3n) is 2.94. The Labute approximate surface area is 95.4 Å². The highest BCUT2D eigenvalue weighted by molar-refractivity contribution is 7.92. The van der Waals surface area contributed by atoms with Crippen LogP contribution in [-0.2, 0) is 27.5 Å². The molecule has 86 valence electrons. The van der Waals surface area contributed by atoms with Crippen molar-refractivity contribution in [2.45, 2.75) is 36.8 Å². The van der Waals surface area contributed by atoms with Crippen molar-refractivity contribution in [3.63, 3.8) is 0 Å². The van der Waals surface area contributed by atoms with E-state index in [0.717, 1.165) is 5.56 Å². The molecule has 0 saturated heterocycles. The van der Waals surface area contributed by atoms with Crippen molar-refractivity contribution >= 4 is 15.6 Å². The van der Waals surface area contributed by atoms with Crippen LogP contribution in [0.3, 0.4) is 0 Å². The zero-order valence-electron chi connectivity index (χ0n) is 9.36. The average molecular weight is 238 g/mol. The minimum absolute atomic E-state index is 0.0110. The zero-order valence-corrected chi connectivity index (χ0v) is 10.2. The van der Waals surface area contributed by atoms with E-state index in [-0.39, 0.29) is 17.5 Å². The first kappa shape index (κ1) is 11.3. The Morgan fingerprint density at radius 1 is 1.44 bits per heavy atom. The molecule has 0 saturated carbocycles. The first-order valence-electron chi connectivity index (χ1n) is 5.27. The van der Waals surface area contributed by atoms with Gasteiger partial charge in [-0.1, -0.05) is 18.2 Å². The lowest BCUT2D eigenvalue weighted by molar-refractivity contribution is -0.116. The summed E-state index contributed by atoms with van der Waals surface area (Å²) in [5.74, 6) is -0.0110. The van der Waals surface area contributed by atoms with Crippen LogP contribution in [0.4, 0.5) is 0 Å². The molecular weight excluding hydrogens is 224 g/mol. The molecule has 1 heterocycles. The van der Waals surface area contributed by atoms with E-state index in [4.69, 9.17) is 0 Å². The normalized spacial score (nSPS) is 21.8. The number of sulfone groups is 1. The van der Waals surface area contributed by atoms with Gasteiger partial charge in [0.2, 0.25) is 0 Å². The summed E-state index contributed by atoms with van der Waals surface area (Å²) in [4.78, 5) is 11.5. The van der Waals surface area contributed by atoms with Gasteiger partial charge in [0.05, 0.1) is 10.1 Å². The van der Waals surface area contributed by atoms with Gasteiger partial charge in [0, 0.05) is 6.42 Å². The molecule has 2 rings (SSSR count). The Bertz CT molecular complexity index is 543. The van der Waals surface area contributed by atoms with Gasteiger partial charge in [-0.2, -0.15) is 0 Å². The molecule has 1 unspecified atom stereocenters. The Morgan fingerprint density at radius 3 is 2.75 bits per heavy atom. The molecule has 1 aliphatic heterocycles. The van der Waals surface area contributed by atoms with Crippen molar-refractivity contribution in [3.05, 3.63) is 29.3 Å². The van der Waals surface area contributed by atoms with Crippen LogP contribution in [0.2, 0.25) is 0 Å². The van der Waals surface area contributed by atoms with Gasteiger partial charge in [0.15, 0.2) is 9.84 Å². The molecule has 0 fully saturated rings. The van der Waals surface area contributed by atoms with Crippen LogP contribution in [0, 0.1) is 0 Å². The van der Waals surface area contributed by atoms with E-state index in [1.54, 1.807) is 13.0 Å². The number of hydrogen-bond donors (Lipinski definition) is 0. The third kappa shape index (κ3) is 1.67. The number of benzene rings is 1. The lowest BCUT2D eigenvalue weighted by Gasteiger charge is -2.06. The molecule has 3 nitrogen and oxygen atoms in total. The second kappa shape index (κ2) is 3.70. The molecule has 1 aromatic carbocycles. The highest BCUT2D eigenvalue weighted by Gasteiger charge is 2.35. The van der Waals surface area contributed by atoms with Crippen molar-refractivity contribution in [2.24, 2.45) is 0 Å². The van der Waals surface area contributed by atoms with Crippen LogP contribution < -0.4 is 0 Å². The number of Topliss-reactive ketones (excluding diaryl/α,β-unsaturated/α-hetero) is 1. The summed E-state index contributed by atoms with van der Waals surface area (Å²) in [5.41, 5.74) is 1.50. The number of carbonyl (C=O) groups excluding carboxylic acids is 1. The molecular formula is C12H14O3S. The van der Waals surface area contributed by atoms with E-state index in [9.17, 15) is 13.2 Å². The second-order valence-corrected chi connectivity index (χ2v) is 6.65. The standard InChI is InChI=1S/C12H14O3S/c1-8(13)6-10-4-3-5-11-7-9(2)16(14,15)12(10)11/h3-5,9H,6-7H2,1-2H3. The molecule has 1 aliphatic rings. The number of hydrogen-bond acceptors (Lipinski definition) is 3. The molecule has 1 aromatic rings. The molecule has 0 aliphatic carbocycles. The SMILES string of the molecule is CC(=O)Cc1cccc2c1S(=O)(=O)C(C)C2. The van der Waals surface area contributed by atoms with E-state index < -0.39 is 9.84 Å². The predicted octanol–water partition coefficient (Wildman–Crippen LogP) is 1.54. The van der Waals surface area contributed by atoms with E-state index >= 15 is 0 Å². The molecule has 0 bridgehead atoms. The summed E-state index contributed by atoms with van der Waals surface area (Å²) in [7, 11) is -3.21. The molecule has 0 aromatic heterocycles. The van der Waals surface area contributed by atoms with Crippen LogP contribution in [0.25, 0.3) is 0 Å². The van der Waals surface area contributed by atoms with Crippen molar-refractivity contribution in [3.8, 4) is 0 Å². The van der Waals surface area contributed by atoms with Crippen molar-refractivity contribution in [1.82, 2.24) is 0 Å². The molecule has 1 atom stereocenters. The Hall–Kier alpha value is -1.16. The Kier molecular flexibility index (Phi) is 2.62. The summed E-state index contributed by atoms with van der Waals surface area (Å²) in [6.45, 7) is 3.19. The van der Waals surface area contributed by atoms with Gasteiger partial charge in [0.1, 0.15) is 5.78 Å². The van der Waals surface area contributed by atoms with Crippen molar-refractivity contribution in [2.75, 3.05) is 0 Å². The number of carbonyl (C=O) groups is 1. The van der Waals surface area contributed by atoms with E-state index in [2.05, 4.69) is 0 Å². The summed E-state index contributed by atoms with van der Waals surface area (Å²) in [6, 6.07) is 5.39. The first-order chi connectivity index (χ1) is 7.43. The average Bonchev–Trinajstić information content (AvgIpc) is 2.38. The minimum Gasteiger partial charge on any atom is -0.300 e. The third-order valence-corrected chi connectivity index (χ3v) is 5.26. The quantitative estimate of drug-likeness (QED) is 0.785. The Morgan fingerprint density at radius 2 is 2.12 bits per heavy atom. The van der Waals surface area contributed by atoms with Gasteiger partial charge in [-0.3, -0.25) is 4.79 Å². The smallest absolute Gasteiger partial charge is 0.181 e. The maximum Gasteiger partial charge on any atom is 0.181 e. The van der Waals surface area contributed by atoms with Crippen molar-refractivity contribution < 1.29 is 13.2 Å². The first-order valence-corrected chi connectivity index (χ1v) is 6.81. The van der Waals surface area contributed by atoms with Gasteiger partial charge < -0.3 is 0 Å². The summed E-state index contributed by atoms with van der Waals surface area (Å²) in [6.07, 6.45) is 0.762. The van der Waals surface area contributed by atoms with Crippen LogP contribution in [0.15, 0.2) is 23.1 Å². The predicted molar refractivity (Wildman–Crippen MR) is 61.2 cm³/mol. The van der Waals surface area contributed by atoms with Gasteiger partial charge in [0.25, 0.3) is 0 Å². The van der Waals surface area contributed by atoms with Crippen LogP contribution in [-0.4, -0.2) is 19.5 Å². The molecule has 16 heavy (non-hydrogen) atoms. The van der Waals surface area contributed by atoms with Crippen molar-refractivity contribution in [1.29, 1.82) is 0 Å². The molecule has 0 amide bonds. The maximum absolute atomic E-state index is 12.1. The highest BCUT2D eigenvalue weighted by atomic mass is 32.2. The fourth-order valence-electron chi connectivity index (χ4n) is 2.19. The van der Waals surface area contributed by atoms with E-state index in [0.29, 0.717) is 16.9 Å².